The summed E-state index contributed by atoms with van der Waals surface area (Å²) in [5, 5.41) is 13.2. The van der Waals surface area contributed by atoms with Crippen LogP contribution in [-0.4, -0.2) is 41.0 Å². The summed E-state index contributed by atoms with van der Waals surface area (Å²) in [6.07, 6.45) is 0. The first-order valence-corrected chi connectivity index (χ1v) is 18.5. The van der Waals surface area contributed by atoms with Gasteiger partial charge in [-0.15, -0.1) is 0 Å². The summed E-state index contributed by atoms with van der Waals surface area (Å²) in [5.74, 6) is 0.648. The van der Waals surface area contributed by atoms with Gasteiger partial charge in [0.15, 0.2) is 0 Å². The van der Waals surface area contributed by atoms with Crippen molar-refractivity contribution >= 4 is 50.1 Å². The predicted molar refractivity (Wildman–Crippen MR) is 217 cm³/mol. The number of aromatic carboxylic acids is 1. The van der Waals surface area contributed by atoms with Crippen molar-refractivity contribution < 1.29 is 29.4 Å². The summed E-state index contributed by atoms with van der Waals surface area (Å²) in [4.78, 5) is 52.9. The third-order valence-corrected chi connectivity index (χ3v) is 10.5. The van der Waals surface area contributed by atoms with Crippen molar-refractivity contribution in [3.05, 3.63) is 95.1 Å². The summed E-state index contributed by atoms with van der Waals surface area (Å²) in [7, 11) is 0. The minimum absolute atomic E-state index is 0. The Morgan fingerprint density at radius 1 is 0.500 bits per heavy atom. The average molecular weight is 790 g/mol. The van der Waals surface area contributed by atoms with E-state index >= 15 is 0 Å². The third kappa shape index (κ3) is 6.09. The molecule has 2 aliphatic heterocycles. The Labute approximate surface area is 337 Å². The van der Waals surface area contributed by atoms with E-state index in [-0.39, 0.29) is 41.3 Å². The monoisotopic (exact) mass is 788 g/mol. The van der Waals surface area contributed by atoms with E-state index in [1.165, 1.54) is 0 Å². The van der Waals surface area contributed by atoms with E-state index in [2.05, 4.69) is 98.7 Å². The maximum atomic E-state index is 12.2. The maximum Gasteiger partial charge on any atom is 2.00 e. The second-order valence-corrected chi connectivity index (χ2v) is 17.5. The van der Waals surface area contributed by atoms with E-state index in [1.54, 1.807) is 18.2 Å². The van der Waals surface area contributed by atoms with E-state index in [0.29, 0.717) is 57.0 Å². The molecule has 0 amide bonds. The van der Waals surface area contributed by atoms with E-state index in [9.17, 15) is 9.90 Å². The number of carbonyl (C=O) groups is 1. The molecule has 7 aromatic rings. The fourth-order valence-corrected chi connectivity index (χ4v) is 7.40. The number of carboxylic acid groups (broad SMARTS) is 1. The van der Waals surface area contributed by atoms with Gasteiger partial charge in [-0.05, 0) is 78.7 Å². The van der Waals surface area contributed by atoms with Crippen LogP contribution in [0.4, 0.5) is 0 Å². The number of benzene rings is 4. The molecule has 0 saturated heterocycles. The zero-order valence-electron chi connectivity index (χ0n) is 33.1. The molecule has 0 aliphatic carbocycles. The summed E-state index contributed by atoms with van der Waals surface area (Å²) >= 11 is 0. The van der Waals surface area contributed by atoms with Crippen molar-refractivity contribution in [1.29, 1.82) is 0 Å². The SMILES string of the molecule is CC(C)(C)c1ccc2c3nc4nc(nc5[n-]c(nc6nc(nc([n-]3)c2c1)-c1ccc(C(=O)O)cc1-6)c1ccc(C(C)(C)C)cc51)-c1cccc(C(C)(C)C)c1-4.[Zn+2]. The maximum absolute atomic E-state index is 12.2. The van der Waals surface area contributed by atoms with Crippen molar-refractivity contribution in [3.63, 3.8) is 0 Å². The van der Waals surface area contributed by atoms with Gasteiger partial charge < -0.3 is 35.0 Å². The first-order valence-electron chi connectivity index (χ1n) is 18.5. The summed E-state index contributed by atoms with van der Waals surface area (Å²) in [5.41, 5.74) is 7.75. The topological polar surface area (TPSA) is 143 Å². The molecule has 0 unspecified atom stereocenters. The number of rotatable bonds is 1. The minimum Gasteiger partial charge on any atom is -0.478 e. The molecule has 5 heterocycles. The smallest absolute Gasteiger partial charge is 0.478 e. The number of fused-ring (bicyclic) bond motifs is 20. The molecule has 1 N–H and O–H groups in total. The van der Waals surface area contributed by atoms with Gasteiger partial charge in [-0.1, -0.05) is 111 Å². The fourth-order valence-electron chi connectivity index (χ4n) is 7.40. The number of hydrogen-bond donors (Lipinski definition) is 1. The molecule has 11 heteroatoms. The van der Waals surface area contributed by atoms with Crippen molar-refractivity contribution in [2.45, 2.75) is 78.6 Å². The summed E-state index contributed by atoms with van der Waals surface area (Å²) in [6.45, 7) is 19.6. The largest absolute Gasteiger partial charge is 2.00 e. The molecule has 0 saturated carbocycles. The molecule has 2 aliphatic rings. The Bertz CT molecular complexity index is 2960. The Balaban J connectivity index is 0.00000441. The van der Waals surface area contributed by atoms with Gasteiger partial charge in [0, 0.05) is 44.8 Å². The fraction of sp³-hybridized carbons (Fsp3) is 0.267. The van der Waals surface area contributed by atoms with Gasteiger partial charge in [-0.25, -0.2) is 14.8 Å². The van der Waals surface area contributed by atoms with Crippen LogP contribution < -0.4 is 9.97 Å². The number of aromatic nitrogens is 8. The minimum atomic E-state index is -1.05. The van der Waals surface area contributed by atoms with Crippen LogP contribution in [0, 0.1) is 0 Å². The summed E-state index contributed by atoms with van der Waals surface area (Å²) < 4.78 is 0. The molecule has 9 rings (SSSR count). The van der Waals surface area contributed by atoms with Crippen LogP contribution in [0.3, 0.4) is 0 Å². The summed E-state index contributed by atoms with van der Waals surface area (Å²) in [6, 6.07) is 23.6. The second-order valence-electron chi connectivity index (χ2n) is 17.5. The molecule has 8 bridgehead atoms. The standard InChI is InChI=1S/C45H41N8O2.Zn/c1-43(2,3)23-14-17-26-30(20-23)40-49-35(26)47-38-29-19-22(42(54)55)13-16-25(29)34(46-38)48-39-31-21-24(44(4,5)6)15-18-27(31)36(50-39)52-41-33-28(37(51-40)53-41)11-10-12-32(33)45(7,8)9;/h10-21H,1-9H3,(H2-,46,47,48,49,50,51,52,53,54,55);/q-1;+2/p-1. The molecule has 4 aromatic carbocycles. The van der Waals surface area contributed by atoms with Crippen LogP contribution in [0.1, 0.15) is 89.4 Å². The third-order valence-electron chi connectivity index (χ3n) is 10.5. The molecular formula is C45H40N8O2Zn. The van der Waals surface area contributed by atoms with Gasteiger partial charge in [0.25, 0.3) is 0 Å². The van der Waals surface area contributed by atoms with Crippen molar-refractivity contribution in [1.82, 2.24) is 39.9 Å². The second kappa shape index (κ2) is 12.7. The average Bonchev–Trinajstić information content (AvgIpc) is 3.85. The molecule has 0 atom stereocenters. The Morgan fingerprint density at radius 2 is 0.982 bits per heavy atom. The van der Waals surface area contributed by atoms with Crippen LogP contribution in [0.25, 0.3) is 89.7 Å². The Morgan fingerprint density at radius 3 is 1.50 bits per heavy atom. The van der Waals surface area contributed by atoms with Crippen LogP contribution in [0.2, 0.25) is 0 Å². The first-order chi connectivity index (χ1) is 25.9. The van der Waals surface area contributed by atoms with E-state index in [4.69, 9.17) is 39.9 Å². The molecular weight excluding hydrogens is 750 g/mol. The molecule has 274 valence electrons. The van der Waals surface area contributed by atoms with E-state index in [0.717, 1.165) is 49.4 Å². The zero-order chi connectivity index (χ0) is 38.8. The van der Waals surface area contributed by atoms with Crippen LogP contribution in [0.5, 0.6) is 0 Å². The van der Waals surface area contributed by atoms with Gasteiger partial charge in [0.1, 0.15) is 0 Å². The van der Waals surface area contributed by atoms with Gasteiger partial charge >= 0.3 is 25.4 Å². The van der Waals surface area contributed by atoms with Gasteiger partial charge in [0.05, 0.1) is 28.9 Å². The molecule has 56 heavy (non-hydrogen) atoms. The molecule has 0 radical (unpaired) electrons. The Kier molecular flexibility index (Phi) is 8.44. The number of nitrogens with zero attached hydrogens (tertiary/aromatic N) is 8. The van der Waals surface area contributed by atoms with Crippen molar-refractivity contribution in [3.8, 4) is 45.6 Å². The van der Waals surface area contributed by atoms with Gasteiger partial charge in [-0.2, -0.15) is 0 Å². The zero-order valence-corrected chi connectivity index (χ0v) is 36.0. The van der Waals surface area contributed by atoms with E-state index in [1.807, 2.05) is 18.2 Å². The quantitative estimate of drug-likeness (QED) is 0.160. The number of hydrogen-bond acceptors (Lipinski definition) is 7. The van der Waals surface area contributed by atoms with Crippen LogP contribution in [-0.2, 0) is 35.7 Å². The Hall–Kier alpha value is -5.67. The van der Waals surface area contributed by atoms with Crippen LogP contribution in [0.15, 0.2) is 72.8 Å². The van der Waals surface area contributed by atoms with Crippen molar-refractivity contribution in [2.24, 2.45) is 0 Å². The van der Waals surface area contributed by atoms with E-state index < -0.39 is 5.97 Å². The van der Waals surface area contributed by atoms with Gasteiger partial charge in [0.2, 0.25) is 0 Å². The molecule has 3 aromatic heterocycles. The van der Waals surface area contributed by atoms with Gasteiger partial charge in [-0.3, -0.25) is 0 Å². The molecule has 0 fully saturated rings. The van der Waals surface area contributed by atoms with Crippen molar-refractivity contribution in [2.75, 3.05) is 0 Å². The molecule has 10 nitrogen and oxygen atoms in total. The number of carboxylic acids is 1. The van der Waals surface area contributed by atoms with Crippen LogP contribution >= 0.6 is 0 Å². The normalized spacial score (nSPS) is 12.7. The molecule has 0 spiro atoms. The predicted octanol–water partition coefficient (Wildman–Crippen LogP) is 9.72. The first kappa shape index (κ1) is 37.3.